The Kier molecular flexibility index (Phi) is 4.44. The summed E-state index contributed by atoms with van der Waals surface area (Å²) in [6.45, 7) is 1.56. The summed E-state index contributed by atoms with van der Waals surface area (Å²) in [5.41, 5.74) is 0.300. The zero-order valence-electron chi connectivity index (χ0n) is 11.8. The first-order valence-corrected chi connectivity index (χ1v) is 8.47. The summed E-state index contributed by atoms with van der Waals surface area (Å²) in [6, 6.07) is 9.08. The Bertz CT molecular complexity index is 843. The molecular weight excluding hydrogens is 328 g/mol. The maximum absolute atomic E-state index is 11.9. The molecule has 22 heavy (non-hydrogen) atoms. The fraction of sp³-hybridized carbons (Fsp3) is 0.133. The Morgan fingerprint density at radius 2 is 1.82 bits per heavy atom. The summed E-state index contributed by atoms with van der Waals surface area (Å²) >= 11 is 5.99. The van der Waals surface area contributed by atoms with E-state index in [1.165, 1.54) is 6.07 Å². The number of carboxylic acids is 1. The fourth-order valence-corrected chi connectivity index (χ4v) is 2.88. The number of rotatable bonds is 4. The molecule has 116 valence electrons. The summed E-state index contributed by atoms with van der Waals surface area (Å²) < 4.78 is 29.4. The Morgan fingerprint density at radius 1 is 1.18 bits per heavy atom. The molecular formula is C15H13ClO5S. The third-order valence-corrected chi connectivity index (χ3v) is 4.41. The maximum atomic E-state index is 11.9. The van der Waals surface area contributed by atoms with Crippen LogP contribution in [0.4, 0.5) is 0 Å². The number of para-hydroxylation sites is 1. The van der Waals surface area contributed by atoms with Gasteiger partial charge in [-0.2, -0.15) is 0 Å². The number of aromatic carboxylic acids is 1. The van der Waals surface area contributed by atoms with Gasteiger partial charge in [0.15, 0.2) is 9.84 Å². The number of halogens is 1. The highest BCUT2D eigenvalue weighted by atomic mass is 35.5. The lowest BCUT2D eigenvalue weighted by molar-refractivity contribution is 0.0696. The molecule has 7 heteroatoms. The van der Waals surface area contributed by atoms with Crippen LogP contribution < -0.4 is 4.74 Å². The molecule has 2 aromatic rings. The molecule has 0 aromatic heterocycles. The van der Waals surface area contributed by atoms with E-state index in [9.17, 15) is 13.2 Å². The second kappa shape index (κ2) is 5.98. The van der Waals surface area contributed by atoms with E-state index in [0.717, 1.165) is 12.3 Å². The van der Waals surface area contributed by atoms with E-state index >= 15 is 0 Å². The van der Waals surface area contributed by atoms with Gasteiger partial charge in [-0.15, -0.1) is 0 Å². The molecule has 0 radical (unpaired) electrons. The molecule has 0 atom stereocenters. The Morgan fingerprint density at radius 3 is 2.36 bits per heavy atom. The number of hydrogen-bond donors (Lipinski definition) is 1. The predicted octanol–water partition coefficient (Wildman–Crippen LogP) is 3.54. The van der Waals surface area contributed by atoms with Crippen LogP contribution in [-0.2, 0) is 9.84 Å². The monoisotopic (exact) mass is 340 g/mol. The van der Waals surface area contributed by atoms with Crippen molar-refractivity contribution in [3.8, 4) is 11.5 Å². The first kappa shape index (κ1) is 16.3. The standard InChI is InChI=1S/C15H13ClO5S/c1-9-7-13(21-12-6-4-3-5-11(12)16)14(22(2,19)20)8-10(9)15(17)18/h3-8H,1-2H3,(H,17,18). The number of carbonyl (C=O) groups is 1. The van der Waals surface area contributed by atoms with E-state index in [1.807, 2.05) is 0 Å². The Hall–Kier alpha value is -2.05. The minimum atomic E-state index is -3.67. The van der Waals surface area contributed by atoms with E-state index in [1.54, 1.807) is 31.2 Å². The quantitative estimate of drug-likeness (QED) is 0.920. The normalized spacial score (nSPS) is 11.2. The Labute approximate surface area is 133 Å². The van der Waals surface area contributed by atoms with Crippen molar-refractivity contribution in [3.63, 3.8) is 0 Å². The van der Waals surface area contributed by atoms with Crippen LogP contribution in [0.5, 0.6) is 11.5 Å². The molecule has 0 amide bonds. The molecule has 0 saturated carbocycles. The molecule has 0 saturated heterocycles. The fourth-order valence-electron chi connectivity index (χ4n) is 1.91. The van der Waals surface area contributed by atoms with Crippen LogP contribution in [0.3, 0.4) is 0 Å². The summed E-state index contributed by atoms with van der Waals surface area (Å²) in [6.07, 6.45) is 0.989. The van der Waals surface area contributed by atoms with Gasteiger partial charge in [-0.1, -0.05) is 23.7 Å². The lowest BCUT2D eigenvalue weighted by Gasteiger charge is -2.13. The predicted molar refractivity (Wildman–Crippen MR) is 82.8 cm³/mol. The van der Waals surface area contributed by atoms with Gasteiger partial charge >= 0.3 is 5.97 Å². The topological polar surface area (TPSA) is 80.7 Å². The minimum absolute atomic E-state index is 0.0399. The van der Waals surface area contributed by atoms with Crippen LogP contribution in [0.25, 0.3) is 0 Å². The number of ether oxygens (including phenoxy) is 1. The number of sulfone groups is 1. The summed E-state index contributed by atoms with van der Waals surface area (Å²) in [5.74, 6) is -0.874. The van der Waals surface area contributed by atoms with Gasteiger partial charge in [-0.25, -0.2) is 13.2 Å². The summed E-state index contributed by atoms with van der Waals surface area (Å²) in [7, 11) is -3.67. The Balaban J connectivity index is 2.63. The first-order chi connectivity index (χ1) is 10.2. The molecule has 1 N–H and O–H groups in total. The van der Waals surface area contributed by atoms with Crippen LogP contribution in [0.1, 0.15) is 15.9 Å². The second-order valence-electron chi connectivity index (χ2n) is 4.72. The molecule has 0 heterocycles. The van der Waals surface area contributed by atoms with E-state index < -0.39 is 15.8 Å². The van der Waals surface area contributed by atoms with Crippen molar-refractivity contribution in [2.45, 2.75) is 11.8 Å². The van der Waals surface area contributed by atoms with Gasteiger partial charge in [0.2, 0.25) is 0 Å². The molecule has 0 unspecified atom stereocenters. The average Bonchev–Trinajstić information content (AvgIpc) is 2.39. The third-order valence-electron chi connectivity index (χ3n) is 2.98. The average molecular weight is 341 g/mol. The molecule has 2 aromatic carbocycles. The largest absolute Gasteiger partial charge is 0.478 e. The summed E-state index contributed by atoms with van der Waals surface area (Å²) in [4.78, 5) is 11.0. The smallest absolute Gasteiger partial charge is 0.335 e. The zero-order valence-corrected chi connectivity index (χ0v) is 13.4. The highest BCUT2D eigenvalue weighted by Gasteiger charge is 2.21. The van der Waals surface area contributed by atoms with Crippen LogP contribution in [0, 0.1) is 6.92 Å². The van der Waals surface area contributed by atoms with Crippen LogP contribution in [0.15, 0.2) is 41.3 Å². The minimum Gasteiger partial charge on any atom is -0.478 e. The lowest BCUT2D eigenvalue weighted by atomic mass is 10.1. The summed E-state index contributed by atoms with van der Waals surface area (Å²) in [5, 5.41) is 9.45. The van der Waals surface area contributed by atoms with Gasteiger partial charge in [-0.05, 0) is 36.8 Å². The van der Waals surface area contributed by atoms with Gasteiger partial charge in [0.1, 0.15) is 16.4 Å². The van der Waals surface area contributed by atoms with E-state index in [-0.39, 0.29) is 22.0 Å². The molecule has 0 bridgehead atoms. The van der Waals surface area contributed by atoms with Gasteiger partial charge < -0.3 is 9.84 Å². The lowest BCUT2D eigenvalue weighted by Crippen LogP contribution is -2.06. The number of aryl methyl sites for hydroxylation is 1. The molecule has 0 aliphatic carbocycles. The van der Waals surface area contributed by atoms with Crippen LogP contribution >= 0.6 is 11.6 Å². The molecule has 0 aliphatic heterocycles. The highest BCUT2D eigenvalue weighted by Crippen LogP contribution is 2.34. The van der Waals surface area contributed by atoms with Crippen molar-refractivity contribution < 1.29 is 23.1 Å². The van der Waals surface area contributed by atoms with E-state index in [2.05, 4.69) is 0 Å². The van der Waals surface area contributed by atoms with Crippen molar-refractivity contribution in [2.75, 3.05) is 6.26 Å². The van der Waals surface area contributed by atoms with Crippen molar-refractivity contribution in [1.82, 2.24) is 0 Å². The van der Waals surface area contributed by atoms with Gasteiger partial charge in [0, 0.05) is 6.26 Å². The van der Waals surface area contributed by atoms with Crippen LogP contribution in [-0.4, -0.2) is 25.7 Å². The van der Waals surface area contributed by atoms with Crippen molar-refractivity contribution in [3.05, 3.63) is 52.5 Å². The van der Waals surface area contributed by atoms with E-state index in [4.69, 9.17) is 21.4 Å². The third kappa shape index (κ3) is 3.40. The van der Waals surface area contributed by atoms with Gasteiger partial charge in [0.05, 0.1) is 10.6 Å². The van der Waals surface area contributed by atoms with Gasteiger partial charge in [0.25, 0.3) is 0 Å². The molecule has 0 aliphatic rings. The van der Waals surface area contributed by atoms with Crippen molar-refractivity contribution in [2.24, 2.45) is 0 Å². The zero-order chi connectivity index (χ0) is 16.5. The second-order valence-corrected chi connectivity index (χ2v) is 7.12. The molecule has 0 spiro atoms. The van der Waals surface area contributed by atoms with Crippen molar-refractivity contribution >= 4 is 27.4 Å². The molecule has 0 fully saturated rings. The number of benzene rings is 2. The van der Waals surface area contributed by atoms with E-state index in [0.29, 0.717) is 10.6 Å². The maximum Gasteiger partial charge on any atom is 0.335 e. The number of carboxylic acid groups (broad SMARTS) is 1. The number of hydrogen-bond acceptors (Lipinski definition) is 4. The SMILES string of the molecule is Cc1cc(Oc2ccccc2Cl)c(S(C)(=O)=O)cc1C(=O)O. The van der Waals surface area contributed by atoms with Gasteiger partial charge in [-0.3, -0.25) is 0 Å². The highest BCUT2D eigenvalue weighted by molar-refractivity contribution is 7.90. The molecule has 5 nitrogen and oxygen atoms in total. The molecule has 2 rings (SSSR count). The first-order valence-electron chi connectivity index (χ1n) is 6.20. The van der Waals surface area contributed by atoms with Crippen molar-refractivity contribution in [1.29, 1.82) is 0 Å². The van der Waals surface area contributed by atoms with Crippen LogP contribution in [0.2, 0.25) is 5.02 Å².